The van der Waals surface area contributed by atoms with Crippen LogP contribution in [0.4, 0.5) is 26.0 Å². The summed E-state index contributed by atoms with van der Waals surface area (Å²) in [5, 5.41) is 21.2. The lowest BCUT2D eigenvalue weighted by Gasteiger charge is -2.31. The van der Waals surface area contributed by atoms with Crippen LogP contribution in [0.2, 0.25) is 0 Å². The first kappa shape index (κ1) is 22.2. The number of anilines is 3. The van der Waals surface area contributed by atoms with Gasteiger partial charge in [0.25, 0.3) is 5.56 Å². The van der Waals surface area contributed by atoms with E-state index in [1.54, 1.807) is 18.0 Å². The monoisotopic (exact) mass is 531 g/mol. The summed E-state index contributed by atoms with van der Waals surface area (Å²) in [5.41, 5.74) is -0.688. The van der Waals surface area contributed by atoms with Crippen LogP contribution in [0.1, 0.15) is 5.56 Å². The molecule has 3 rings (SSSR count). The summed E-state index contributed by atoms with van der Waals surface area (Å²) in [6.45, 7) is 3.24. The van der Waals surface area contributed by atoms with Crippen molar-refractivity contribution in [1.29, 1.82) is 0 Å². The van der Waals surface area contributed by atoms with Gasteiger partial charge in [-0.15, -0.1) is 0 Å². The van der Waals surface area contributed by atoms with E-state index in [9.17, 15) is 14.3 Å². The Morgan fingerprint density at radius 1 is 1.33 bits per heavy atom. The Kier molecular flexibility index (Phi) is 6.48. The van der Waals surface area contributed by atoms with Gasteiger partial charge >= 0.3 is 0 Å². The molecule has 0 bridgehead atoms. The molecular formula is C20H20F2IN3O4. The molecule has 160 valence electrons. The fourth-order valence-electron chi connectivity index (χ4n) is 3.08. The van der Waals surface area contributed by atoms with Crippen molar-refractivity contribution in [2.24, 2.45) is 7.05 Å². The number of pyridine rings is 1. The molecule has 1 atom stereocenters. The van der Waals surface area contributed by atoms with Gasteiger partial charge in [0, 0.05) is 29.4 Å². The van der Waals surface area contributed by atoms with Gasteiger partial charge in [0.2, 0.25) is 5.82 Å². The van der Waals surface area contributed by atoms with Crippen LogP contribution >= 0.6 is 22.6 Å². The number of nitrogens with one attached hydrogen (secondary N) is 1. The van der Waals surface area contributed by atoms with Crippen LogP contribution < -0.4 is 15.8 Å². The highest BCUT2D eigenvalue weighted by Gasteiger charge is 2.30. The Hall–Kier alpha value is -2.44. The van der Waals surface area contributed by atoms with Crippen LogP contribution in [0.3, 0.4) is 0 Å². The smallest absolute Gasteiger partial charge is 0.290 e. The van der Waals surface area contributed by atoms with E-state index in [-0.39, 0.29) is 34.9 Å². The van der Waals surface area contributed by atoms with Crippen molar-refractivity contribution in [3.05, 3.63) is 67.9 Å². The van der Waals surface area contributed by atoms with Gasteiger partial charge in [-0.1, -0.05) is 6.58 Å². The Morgan fingerprint density at radius 2 is 2.03 bits per heavy atom. The van der Waals surface area contributed by atoms with Crippen molar-refractivity contribution in [3.8, 4) is 0 Å². The van der Waals surface area contributed by atoms with Crippen LogP contribution in [0, 0.1) is 15.2 Å². The molecule has 0 amide bonds. The summed E-state index contributed by atoms with van der Waals surface area (Å²) in [6, 6.07) is 4.36. The van der Waals surface area contributed by atoms with Gasteiger partial charge in [-0.05, 0) is 40.8 Å². The number of nitrogens with zero attached hydrogens (tertiary/aromatic N) is 2. The number of aromatic nitrogens is 1. The lowest BCUT2D eigenvalue weighted by molar-refractivity contribution is 0.0335. The lowest BCUT2D eigenvalue weighted by atomic mass is 10.00. The van der Waals surface area contributed by atoms with Gasteiger partial charge < -0.3 is 25.2 Å². The summed E-state index contributed by atoms with van der Waals surface area (Å²) in [4.78, 5) is 14.0. The SMILES string of the molecule is C=C1C(OC[C@H](O)CO)=CN(C)c2c1c(Nc1ccc(I)cc1F)c(F)c(=O)n2C. The number of ether oxygens (including phenoxy) is 1. The topological polar surface area (TPSA) is 87.0 Å². The number of hydrogen-bond acceptors (Lipinski definition) is 6. The summed E-state index contributed by atoms with van der Waals surface area (Å²) < 4.78 is 36.7. The fraction of sp³-hybridized carbons (Fsp3) is 0.250. The van der Waals surface area contributed by atoms with Crippen LogP contribution in [0.5, 0.6) is 0 Å². The number of allylic oxidation sites excluding steroid dienone is 1. The molecule has 0 saturated carbocycles. The average Bonchev–Trinajstić information content (AvgIpc) is 2.71. The van der Waals surface area contributed by atoms with Gasteiger partial charge in [-0.25, -0.2) is 4.39 Å². The minimum atomic E-state index is -1.11. The second-order valence-electron chi connectivity index (χ2n) is 6.73. The molecular weight excluding hydrogens is 511 g/mol. The van der Waals surface area contributed by atoms with E-state index in [4.69, 9.17) is 9.84 Å². The maximum atomic E-state index is 15.0. The summed E-state index contributed by atoms with van der Waals surface area (Å²) in [7, 11) is 3.04. The van der Waals surface area contributed by atoms with Gasteiger partial charge in [-0.3, -0.25) is 9.36 Å². The van der Waals surface area contributed by atoms with Crippen molar-refractivity contribution in [1.82, 2.24) is 4.57 Å². The van der Waals surface area contributed by atoms with Crippen molar-refractivity contribution < 1.29 is 23.7 Å². The summed E-state index contributed by atoms with van der Waals surface area (Å²) in [6.07, 6.45) is 0.419. The second-order valence-corrected chi connectivity index (χ2v) is 7.98. The molecule has 0 unspecified atom stereocenters. The van der Waals surface area contributed by atoms with Crippen LogP contribution in [-0.4, -0.2) is 41.1 Å². The first-order valence-electron chi connectivity index (χ1n) is 8.86. The van der Waals surface area contributed by atoms with Gasteiger partial charge in [-0.2, -0.15) is 4.39 Å². The van der Waals surface area contributed by atoms with Crippen LogP contribution in [0.25, 0.3) is 5.57 Å². The van der Waals surface area contributed by atoms with Gasteiger partial charge in [0.05, 0.1) is 23.5 Å². The van der Waals surface area contributed by atoms with E-state index in [0.717, 1.165) is 4.57 Å². The fourth-order valence-corrected chi connectivity index (χ4v) is 3.54. The highest BCUT2D eigenvalue weighted by Crippen LogP contribution is 2.41. The van der Waals surface area contributed by atoms with E-state index < -0.39 is 29.9 Å². The van der Waals surface area contributed by atoms with E-state index in [2.05, 4.69) is 11.9 Å². The zero-order valence-corrected chi connectivity index (χ0v) is 18.4. The molecule has 2 heterocycles. The standard InChI is InChI=1S/C20H20F2IN3O4/c1-10-15(30-9-12(28)8-27)7-25(2)19-16(10)18(17(22)20(29)26(19)3)24-14-5-4-11(23)6-13(14)21/h4-7,12,24,27-28H,1,8-9H2,2-3H3/t12-/m1/s1. The Bertz CT molecular complexity index is 1100. The maximum Gasteiger partial charge on any atom is 0.290 e. The van der Waals surface area contributed by atoms with Crippen molar-refractivity contribution in [2.45, 2.75) is 6.10 Å². The molecule has 1 aromatic carbocycles. The normalized spacial score (nSPS) is 14.3. The third-order valence-electron chi connectivity index (χ3n) is 4.58. The molecule has 1 aliphatic rings. The minimum Gasteiger partial charge on any atom is -0.489 e. The molecule has 0 spiro atoms. The molecule has 1 aliphatic heterocycles. The zero-order chi connectivity index (χ0) is 22.2. The summed E-state index contributed by atoms with van der Waals surface area (Å²) >= 11 is 1.95. The van der Waals surface area contributed by atoms with Crippen molar-refractivity contribution in [2.75, 3.05) is 30.5 Å². The predicted octanol–water partition coefficient (Wildman–Crippen LogP) is 2.69. The molecule has 7 nitrogen and oxygen atoms in total. The maximum absolute atomic E-state index is 15.0. The molecule has 0 aliphatic carbocycles. The largest absolute Gasteiger partial charge is 0.489 e. The van der Waals surface area contributed by atoms with Crippen molar-refractivity contribution >= 4 is 45.4 Å². The quantitative estimate of drug-likeness (QED) is 0.498. The Balaban J connectivity index is 2.13. The lowest BCUT2D eigenvalue weighted by Crippen LogP contribution is -2.32. The highest BCUT2D eigenvalue weighted by molar-refractivity contribution is 14.1. The van der Waals surface area contributed by atoms with Crippen LogP contribution in [-0.2, 0) is 11.8 Å². The first-order chi connectivity index (χ1) is 14.1. The van der Waals surface area contributed by atoms with Gasteiger partial charge in [0.15, 0.2) is 0 Å². The van der Waals surface area contributed by atoms with Gasteiger partial charge in [0.1, 0.15) is 30.1 Å². The summed E-state index contributed by atoms with van der Waals surface area (Å²) in [5.74, 6) is -1.17. The number of benzene rings is 1. The average molecular weight is 531 g/mol. The number of aliphatic hydroxyl groups is 2. The molecule has 1 aromatic heterocycles. The number of fused-ring (bicyclic) bond motifs is 1. The van der Waals surface area contributed by atoms with E-state index >= 15 is 4.39 Å². The molecule has 2 aromatic rings. The highest BCUT2D eigenvalue weighted by atomic mass is 127. The third-order valence-corrected chi connectivity index (χ3v) is 5.25. The van der Waals surface area contributed by atoms with E-state index in [1.807, 2.05) is 22.6 Å². The molecule has 0 saturated heterocycles. The van der Waals surface area contributed by atoms with Crippen LogP contribution in [0.15, 0.2) is 41.5 Å². The predicted molar refractivity (Wildman–Crippen MR) is 119 cm³/mol. The second kappa shape index (κ2) is 8.74. The number of hydrogen-bond donors (Lipinski definition) is 3. The minimum absolute atomic E-state index is 0.00653. The van der Waals surface area contributed by atoms with Crippen molar-refractivity contribution in [3.63, 3.8) is 0 Å². The Morgan fingerprint density at radius 3 is 2.67 bits per heavy atom. The number of rotatable bonds is 6. The zero-order valence-electron chi connectivity index (χ0n) is 16.2. The molecule has 0 radical (unpaired) electrons. The first-order valence-corrected chi connectivity index (χ1v) is 9.94. The molecule has 30 heavy (non-hydrogen) atoms. The Labute approximate surface area is 185 Å². The van der Waals surface area contributed by atoms with E-state index in [0.29, 0.717) is 9.39 Å². The third kappa shape index (κ3) is 4.07. The molecule has 0 fully saturated rings. The number of aliphatic hydroxyl groups excluding tert-OH is 2. The number of halogens is 3. The van der Waals surface area contributed by atoms with E-state index in [1.165, 1.54) is 25.4 Å². The molecule has 10 heteroatoms. The molecule has 3 N–H and O–H groups in total.